The molecule has 2 fully saturated rings. The zero-order valence-corrected chi connectivity index (χ0v) is 13.3. The molecule has 2 aliphatic rings. The first-order chi connectivity index (χ1) is 11.2. The molecule has 0 bridgehead atoms. The van der Waals surface area contributed by atoms with Crippen LogP contribution in [0, 0.1) is 5.41 Å². The predicted molar refractivity (Wildman–Crippen MR) is 88.7 cm³/mol. The van der Waals surface area contributed by atoms with Crippen molar-refractivity contribution >= 4 is 10.9 Å². The van der Waals surface area contributed by atoms with Gasteiger partial charge in [0.25, 0.3) is 0 Å². The van der Waals surface area contributed by atoms with Gasteiger partial charge in [-0.15, -0.1) is 0 Å². The molecule has 3 heterocycles. The molecule has 0 aliphatic carbocycles. The Morgan fingerprint density at radius 3 is 3.17 bits per heavy atom. The monoisotopic (exact) mass is 316 g/mol. The summed E-state index contributed by atoms with van der Waals surface area (Å²) in [7, 11) is 0. The van der Waals surface area contributed by atoms with E-state index in [0.717, 1.165) is 49.4 Å². The van der Waals surface area contributed by atoms with E-state index in [9.17, 15) is 5.11 Å². The van der Waals surface area contributed by atoms with Crippen molar-refractivity contribution in [2.24, 2.45) is 5.41 Å². The number of hydrogen-bond acceptors (Lipinski definition) is 4. The topological polar surface area (TPSA) is 57.7 Å². The Morgan fingerprint density at radius 2 is 2.30 bits per heavy atom. The first-order valence-electron chi connectivity index (χ1n) is 8.41. The summed E-state index contributed by atoms with van der Waals surface area (Å²) < 4.78 is 11.4. The number of hydrogen-bond donors (Lipinski definition) is 2. The van der Waals surface area contributed by atoms with Gasteiger partial charge in [0, 0.05) is 42.2 Å². The highest BCUT2D eigenvalue weighted by atomic mass is 16.5. The van der Waals surface area contributed by atoms with E-state index in [2.05, 4.69) is 9.88 Å². The van der Waals surface area contributed by atoms with E-state index in [1.165, 1.54) is 6.42 Å². The molecule has 2 aromatic rings. The maximum Gasteiger partial charge on any atom is 0.128 e. The number of nitrogens with one attached hydrogen (secondary N) is 1. The summed E-state index contributed by atoms with van der Waals surface area (Å²) in [5.41, 5.74) is 1.40. The van der Waals surface area contributed by atoms with Crippen LogP contribution in [0.25, 0.3) is 10.9 Å². The van der Waals surface area contributed by atoms with Gasteiger partial charge in [-0.2, -0.15) is 0 Å². The summed E-state index contributed by atoms with van der Waals surface area (Å²) in [4.78, 5) is 5.52. The van der Waals surface area contributed by atoms with Crippen LogP contribution in [-0.4, -0.2) is 60.5 Å². The third-order valence-electron chi connectivity index (χ3n) is 5.16. The lowest BCUT2D eigenvalue weighted by atomic mass is 9.87. The van der Waals surface area contributed by atoms with Crippen molar-refractivity contribution in [3.63, 3.8) is 0 Å². The number of β-amino-alcohol motifs (C(OH)–C–C–N with tert-alkyl or cyclic N) is 1. The first kappa shape index (κ1) is 15.0. The Bertz CT molecular complexity index is 663. The quantitative estimate of drug-likeness (QED) is 0.886. The van der Waals surface area contributed by atoms with Gasteiger partial charge in [-0.25, -0.2) is 0 Å². The minimum absolute atomic E-state index is 0.324. The number of nitrogens with zero attached hydrogens (tertiary/aromatic N) is 1. The fraction of sp³-hybridized carbons (Fsp3) is 0.556. The average Bonchev–Trinajstić information content (AvgIpc) is 3.28. The van der Waals surface area contributed by atoms with Crippen LogP contribution in [-0.2, 0) is 4.74 Å². The summed E-state index contributed by atoms with van der Waals surface area (Å²) >= 11 is 0. The van der Waals surface area contributed by atoms with Crippen molar-refractivity contribution in [1.29, 1.82) is 0 Å². The van der Waals surface area contributed by atoms with Gasteiger partial charge in [-0.3, -0.25) is 4.90 Å². The van der Waals surface area contributed by atoms with Gasteiger partial charge < -0.3 is 19.6 Å². The normalized spacial score (nSPS) is 26.3. The molecule has 0 radical (unpaired) electrons. The van der Waals surface area contributed by atoms with E-state index >= 15 is 0 Å². The zero-order chi connectivity index (χ0) is 15.7. The van der Waals surface area contributed by atoms with Gasteiger partial charge in [-0.1, -0.05) is 6.07 Å². The lowest BCUT2D eigenvalue weighted by Crippen LogP contribution is -2.36. The van der Waals surface area contributed by atoms with E-state index in [1.807, 2.05) is 30.5 Å². The number of rotatable bonds is 5. The van der Waals surface area contributed by atoms with Crippen molar-refractivity contribution < 1.29 is 14.6 Å². The zero-order valence-electron chi connectivity index (χ0n) is 13.3. The molecule has 2 saturated heterocycles. The number of aliphatic hydroxyl groups is 1. The lowest BCUT2D eigenvalue weighted by molar-refractivity contribution is 0.0710. The van der Waals surface area contributed by atoms with Crippen molar-refractivity contribution in [3.8, 4) is 5.75 Å². The van der Waals surface area contributed by atoms with Gasteiger partial charge in [0.2, 0.25) is 0 Å². The Balaban J connectivity index is 1.30. The van der Waals surface area contributed by atoms with E-state index in [-0.39, 0.29) is 0 Å². The molecule has 1 spiro atoms. The average molecular weight is 316 g/mol. The minimum Gasteiger partial charge on any atom is -0.490 e. The third-order valence-corrected chi connectivity index (χ3v) is 5.16. The molecule has 2 N–H and O–H groups in total. The summed E-state index contributed by atoms with van der Waals surface area (Å²) in [6.07, 6.45) is 3.78. The van der Waals surface area contributed by atoms with E-state index in [0.29, 0.717) is 18.6 Å². The van der Waals surface area contributed by atoms with Crippen LogP contribution in [0.2, 0.25) is 0 Å². The standard InChI is InChI=1S/C18H24N2O3/c21-14(10-20-8-5-18(12-20)6-9-22-13-18)11-23-17-3-1-2-16-15(17)4-7-19-16/h1-4,7,14,19,21H,5-6,8-13H2/t14-,18-/m1/s1. The van der Waals surface area contributed by atoms with E-state index < -0.39 is 6.10 Å². The molecule has 0 unspecified atom stereocenters. The Labute approximate surface area is 136 Å². The summed E-state index contributed by atoms with van der Waals surface area (Å²) in [5, 5.41) is 11.4. The molecular weight excluding hydrogens is 292 g/mol. The highest BCUT2D eigenvalue weighted by Gasteiger charge is 2.41. The molecule has 124 valence electrons. The second-order valence-corrected chi connectivity index (χ2v) is 6.95. The fourth-order valence-electron chi connectivity index (χ4n) is 3.87. The number of aromatic nitrogens is 1. The number of aromatic amines is 1. The van der Waals surface area contributed by atoms with E-state index in [4.69, 9.17) is 9.47 Å². The van der Waals surface area contributed by atoms with Gasteiger partial charge in [-0.05, 0) is 37.6 Å². The molecule has 1 aromatic carbocycles. The smallest absolute Gasteiger partial charge is 0.128 e. The maximum absolute atomic E-state index is 10.3. The van der Waals surface area contributed by atoms with Crippen molar-refractivity contribution in [2.45, 2.75) is 18.9 Å². The molecule has 0 saturated carbocycles. The Kier molecular flexibility index (Phi) is 4.01. The number of H-pyrrole nitrogens is 1. The molecule has 2 atom stereocenters. The van der Waals surface area contributed by atoms with Crippen LogP contribution in [0.1, 0.15) is 12.8 Å². The summed E-state index contributed by atoms with van der Waals surface area (Å²) in [6, 6.07) is 7.93. The van der Waals surface area contributed by atoms with Gasteiger partial charge in [0.15, 0.2) is 0 Å². The van der Waals surface area contributed by atoms with Crippen molar-refractivity contribution in [1.82, 2.24) is 9.88 Å². The number of benzene rings is 1. The van der Waals surface area contributed by atoms with E-state index in [1.54, 1.807) is 0 Å². The summed E-state index contributed by atoms with van der Waals surface area (Å²) in [6.45, 7) is 4.85. The van der Waals surface area contributed by atoms with Crippen molar-refractivity contribution in [2.75, 3.05) is 39.5 Å². The van der Waals surface area contributed by atoms with Crippen LogP contribution in [0.15, 0.2) is 30.5 Å². The lowest BCUT2D eigenvalue weighted by Gasteiger charge is -2.24. The van der Waals surface area contributed by atoms with Gasteiger partial charge in [0.1, 0.15) is 18.5 Å². The van der Waals surface area contributed by atoms with Crippen LogP contribution in [0.3, 0.4) is 0 Å². The molecular formula is C18H24N2O3. The van der Waals surface area contributed by atoms with Crippen LogP contribution >= 0.6 is 0 Å². The van der Waals surface area contributed by atoms with Crippen LogP contribution in [0.5, 0.6) is 5.75 Å². The molecule has 1 aromatic heterocycles. The van der Waals surface area contributed by atoms with Crippen LogP contribution in [0.4, 0.5) is 0 Å². The van der Waals surface area contributed by atoms with Gasteiger partial charge >= 0.3 is 0 Å². The van der Waals surface area contributed by atoms with Crippen LogP contribution < -0.4 is 4.74 Å². The second kappa shape index (κ2) is 6.15. The summed E-state index contributed by atoms with van der Waals surface area (Å²) in [5.74, 6) is 0.824. The molecule has 23 heavy (non-hydrogen) atoms. The molecule has 0 amide bonds. The number of aliphatic hydroxyl groups excluding tert-OH is 1. The largest absolute Gasteiger partial charge is 0.490 e. The SMILES string of the molecule is O[C@@H](COc1cccc2[nH]ccc12)CN1CC[C@@]2(CCOC2)C1. The molecule has 4 rings (SSSR count). The fourth-order valence-corrected chi connectivity index (χ4v) is 3.87. The Morgan fingerprint density at radius 1 is 1.35 bits per heavy atom. The maximum atomic E-state index is 10.3. The van der Waals surface area contributed by atoms with Gasteiger partial charge in [0.05, 0.1) is 6.61 Å². The highest BCUT2D eigenvalue weighted by molar-refractivity contribution is 5.85. The Hall–Kier alpha value is -1.56. The number of ether oxygens (including phenoxy) is 2. The number of fused-ring (bicyclic) bond motifs is 1. The number of likely N-dealkylation sites (tertiary alicyclic amines) is 1. The predicted octanol–water partition coefficient (Wildman–Crippen LogP) is 2.02. The minimum atomic E-state index is -0.471. The molecule has 5 heteroatoms. The highest BCUT2D eigenvalue weighted by Crippen LogP contribution is 2.38. The molecule has 2 aliphatic heterocycles. The second-order valence-electron chi connectivity index (χ2n) is 6.95. The first-order valence-corrected chi connectivity index (χ1v) is 8.41. The molecule has 5 nitrogen and oxygen atoms in total. The third kappa shape index (κ3) is 3.09. The van der Waals surface area contributed by atoms with Crippen molar-refractivity contribution in [3.05, 3.63) is 30.5 Å².